The van der Waals surface area contributed by atoms with Gasteiger partial charge in [0.1, 0.15) is 0 Å². The second-order valence-corrected chi connectivity index (χ2v) is 3.73. The van der Waals surface area contributed by atoms with Crippen molar-refractivity contribution in [3.63, 3.8) is 0 Å². The van der Waals surface area contributed by atoms with Gasteiger partial charge < -0.3 is 5.11 Å². The maximum Gasteiger partial charge on any atom is 0.344 e. The van der Waals surface area contributed by atoms with Gasteiger partial charge in [0.15, 0.2) is 5.66 Å². The SMILES string of the molecule is CN1CCNC1(C(=O)O)c1ccccc1. The molecule has 0 spiro atoms. The number of rotatable bonds is 2. The summed E-state index contributed by atoms with van der Waals surface area (Å²) in [4.78, 5) is 13.3. The molecule has 0 aromatic heterocycles. The molecule has 0 bridgehead atoms. The fourth-order valence-corrected chi connectivity index (χ4v) is 2.07. The quantitative estimate of drug-likeness (QED) is 0.738. The second kappa shape index (κ2) is 3.64. The van der Waals surface area contributed by atoms with Gasteiger partial charge in [0.25, 0.3) is 0 Å². The van der Waals surface area contributed by atoms with Gasteiger partial charge in [-0.25, -0.2) is 4.79 Å². The van der Waals surface area contributed by atoms with E-state index in [1.54, 1.807) is 0 Å². The summed E-state index contributed by atoms with van der Waals surface area (Å²) in [6, 6.07) is 9.27. The second-order valence-electron chi connectivity index (χ2n) is 3.73. The zero-order valence-electron chi connectivity index (χ0n) is 8.60. The lowest BCUT2D eigenvalue weighted by molar-refractivity contribution is -0.151. The number of nitrogens with one attached hydrogen (secondary N) is 1. The normalized spacial score (nSPS) is 26.7. The Morgan fingerprint density at radius 2 is 2.13 bits per heavy atom. The van der Waals surface area contributed by atoms with Crippen LogP contribution in [0.1, 0.15) is 5.56 Å². The van der Waals surface area contributed by atoms with Crippen LogP contribution in [0.3, 0.4) is 0 Å². The zero-order chi connectivity index (χ0) is 10.9. The molecule has 0 amide bonds. The van der Waals surface area contributed by atoms with E-state index in [1.165, 1.54) is 0 Å². The van der Waals surface area contributed by atoms with Crippen molar-refractivity contribution < 1.29 is 9.90 Å². The fraction of sp³-hybridized carbons (Fsp3) is 0.364. The lowest BCUT2D eigenvalue weighted by atomic mass is 9.99. The van der Waals surface area contributed by atoms with Crippen molar-refractivity contribution in [3.05, 3.63) is 35.9 Å². The van der Waals surface area contributed by atoms with Crippen LogP contribution in [0, 0.1) is 0 Å². The highest BCUT2D eigenvalue weighted by atomic mass is 16.4. The maximum absolute atomic E-state index is 11.4. The number of benzene rings is 1. The van der Waals surface area contributed by atoms with Crippen molar-refractivity contribution in [1.29, 1.82) is 0 Å². The average Bonchev–Trinajstić information content (AvgIpc) is 2.62. The van der Waals surface area contributed by atoms with E-state index in [-0.39, 0.29) is 0 Å². The monoisotopic (exact) mass is 206 g/mol. The van der Waals surface area contributed by atoms with Crippen molar-refractivity contribution in [1.82, 2.24) is 10.2 Å². The molecule has 4 nitrogen and oxygen atoms in total. The van der Waals surface area contributed by atoms with Gasteiger partial charge in [-0.1, -0.05) is 30.3 Å². The predicted octanol–water partition coefficient (Wildman–Crippen LogP) is 0.459. The third-order valence-corrected chi connectivity index (χ3v) is 2.90. The summed E-state index contributed by atoms with van der Waals surface area (Å²) in [5.41, 5.74) is -0.279. The topological polar surface area (TPSA) is 52.6 Å². The Hall–Kier alpha value is -1.39. The molecule has 1 aliphatic rings. The summed E-state index contributed by atoms with van der Waals surface area (Å²) in [5.74, 6) is -0.853. The molecule has 2 rings (SSSR count). The van der Waals surface area contributed by atoms with Crippen molar-refractivity contribution in [3.8, 4) is 0 Å². The van der Waals surface area contributed by atoms with E-state index in [4.69, 9.17) is 0 Å². The van der Waals surface area contributed by atoms with E-state index in [1.807, 2.05) is 42.3 Å². The lowest BCUT2D eigenvalue weighted by Crippen LogP contribution is -2.53. The highest BCUT2D eigenvalue weighted by Crippen LogP contribution is 2.27. The molecule has 0 saturated carbocycles. The molecule has 1 aromatic rings. The number of carboxylic acids is 1. The molecule has 1 heterocycles. The van der Waals surface area contributed by atoms with Gasteiger partial charge in [-0.3, -0.25) is 10.2 Å². The largest absolute Gasteiger partial charge is 0.479 e. The van der Waals surface area contributed by atoms with Gasteiger partial charge in [0.2, 0.25) is 0 Å². The molecule has 1 aliphatic heterocycles. The molecule has 15 heavy (non-hydrogen) atoms. The Bertz CT molecular complexity index is 366. The lowest BCUT2D eigenvalue weighted by Gasteiger charge is -2.31. The van der Waals surface area contributed by atoms with Crippen LogP contribution >= 0.6 is 0 Å². The standard InChI is InChI=1S/C11H14N2O2/c1-13-8-7-12-11(13,10(14)15)9-5-3-2-4-6-9/h2-6,12H,7-8H2,1H3,(H,14,15). The van der Waals surface area contributed by atoms with E-state index in [0.717, 1.165) is 12.1 Å². The van der Waals surface area contributed by atoms with E-state index < -0.39 is 11.6 Å². The zero-order valence-corrected chi connectivity index (χ0v) is 8.60. The first-order valence-electron chi connectivity index (χ1n) is 4.93. The molecule has 1 atom stereocenters. The third kappa shape index (κ3) is 1.42. The Morgan fingerprint density at radius 3 is 2.60 bits per heavy atom. The summed E-state index contributed by atoms with van der Waals surface area (Å²) in [7, 11) is 1.82. The molecule has 1 aromatic carbocycles. The molecule has 80 valence electrons. The summed E-state index contributed by atoms with van der Waals surface area (Å²) in [6.07, 6.45) is 0. The van der Waals surface area contributed by atoms with Crippen LogP contribution in [0.2, 0.25) is 0 Å². The number of carboxylic acid groups (broad SMARTS) is 1. The minimum Gasteiger partial charge on any atom is -0.479 e. The minimum atomic E-state index is -1.05. The van der Waals surface area contributed by atoms with Gasteiger partial charge in [0, 0.05) is 13.1 Å². The molecular weight excluding hydrogens is 192 g/mol. The summed E-state index contributed by atoms with van der Waals surface area (Å²) < 4.78 is 0. The van der Waals surface area contributed by atoms with Gasteiger partial charge in [-0.2, -0.15) is 0 Å². The van der Waals surface area contributed by atoms with Crippen molar-refractivity contribution in [2.24, 2.45) is 0 Å². The smallest absolute Gasteiger partial charge is 0.344 e. The Balaban J connectivity index is 2.49. The average molecular weight is 206 g/mol. The number of hydrogen-bond donors (Lipinski definition) is 2. The van der Waals surface area contributed by atoms with Gasteiger partial charge in [0.05, 0.1) is 0 Å². The fourth-order valence-electron chi connectivity index (χ4n) is 2.07. The molecular formula is C11H14N2O2. The highest BCUT2D eigenvalue weighted by Gasteiger charge is 2.47. The molecule has 1 unspecified atom stereocenters. The first kappa shape index (κ1) is 10.1. The van der Waals surface area contributed by atoms with E-state index in [9.17, 15) is 9.90 Å². The van der Waals surface area contributed by atoms with E-state index >= 15 is 0 Å². The number of carbonyl (C=O) groups is 1. The molecule has 4 heteroatoms. The number of likely N-dealkylation sites (N-methyl/N-ethyl adjacent to an activating group) is 1. The number of hydrogen-bond acceptors (Lipinski definition) is 3. The molecule has 2 N–H and O–H groups in total. The van der Waals surface area contributed by atoms with Crippen molar-refractivity contribution in [2.75, 3.05) is 20.1 Å². The van der Waals surface area contributed by atoms with E-state index in [0.29, 0.717) is 6.54 Å². The van der Waals surface area contributed by atoms with Gasteiger partial charge in [-0.15, -0.1) is 0 Å². The number of nitrogens with zero attached hydrogens (tertiary/aromatic N) is 1. The minimum absolute atomic E-state index is 0.692. The summed E-state index contributed by atoms with van der Waals surface area (Å²) in [5, 5.41) is 12.4. The predicted molar refractivity (Wildman–Crippen MR) is 56.4 cm³/mol. The summed E-state index contributed by atoms with van der Waals surface area (Å²) >= 11 is 0. The highest BCUT2D eigenvalue weighted by molar-refractivity contribution is 5.80. The first-order chi connectivity index (χ1) is 7.18. The Labute approximate surface area is 88.5 Å². The molecule has 1 fully saturated rings. The van der Waals surface area contributed by atoms with Gasteiger partial charge in [-0.05, 0) is 12.6 Å². The van der Waals surface area contributed by atoms with E-state index in [2.05, 4.69) is 5.32 Å². The van der Waals surface area contributed by atoms with Crippen LogP contribution in [-0.2, 0) is 10.5 Å². The van der Waals surface area contributed by atoms with Gasteiger partial charge >= 0.3 is 5.97 Å². The van der Waals surface area contributed by atoms with Crippen LogP contribution in [0.4, 0.5) is 0 Å². The Morgan fingerprint density at radius 1 is 1.47 bits per heavy atom. The molecule has 0 aliphatic carbocycles. The van der Waals surface area contributed by atoms with Crippen LogP contribution < -0.4 is 5.32 Å². The molecule has 0 radical (unpaired) electrons. The van der Waals surface area contributed by atoms with Crippen molar-refractivity contribution in [2.45, 2.75) is 5.66 Å². The molecule has 1 saturated heterocycles. The Kier molecular flexibility index (Phi) is 2.46. The maximum atomic E-state index is 11.4. The van der Waals surface area contributed by atoms with Crippen LogP contribution in [0.5, 0.6) is 0 Å². The van der Waals surface area contributed by atoms with Crippen molar-refractivity contribution >= 4 is 5.97 Å². The van der Waals surface area contributed by atoms with Crippen LogP contribution in [0.25, 0.3) is 0 Å². The third-order valence-electron chi connectivity index (χ3n) is 2.90. The number of aliphatic carboxylic acids is 1. The van der Waals surface area contributed by atoms with Crippen LogP contribution in [-0.4, -0.2) is 36.1 Å². The van der Waals surface area contributed by atoms with Crippen LogP contribution in [0.15, 0.2) is 30.3 Å². The first-order valence-corrected chi connectivity index (χ1v) is 4.93. The summed E-state index contributed by atoms with van der Waals surface area (Å²) in [6.45, 7) is 1.43.